The van der Waals surface area contributed by atoms with Crippen molar-refractivity contribution in [1.29, 1.82) is 0 Å². The smallest absolute Gasteiger partial charge is 0.322 e. The van der Waals surface area contributed by atoms with Crippen molar-refractivity contribution in [2.45, 2.75) is 51.2 Å². The normalized spacial score (nSPS) is 15.7. The van der Waals surface area contributed by atoms with E-state index in [0.29, 0.717) is 17.1 Å². The van der Waals surface area contributed by atoms with E-state index in [-0.39, 0.29) is 29.3 Å². The number of nitrogens with one attached hydrogen (secondary N) is 2. The predicted molar refractivity (Wildman–Crippen MR) is 135 cm³/mol. The Hall–Kier alpha value is -4.41. The van der Waals surface area contributed by atoms with Crippen LogP contribution in [0.15, 0.2) is 36.4 Å². The molecule has 4 amide bonds. The number of carbonyl (C=O) groups is 5. The maximum atomic E-state index is 13.6. The van der Waals surface area contributed by atoms with Crippen LogP contribution in [-0.2, 0) is 14.4 Å². The summed E-state index contributed by atoms with van der Waals surface area (Å²) in [4.78, 5) is 63.5. The molecule has 2 aliphatic rings. The van der Waals surface area contributed by atoms with Gasteiger partial charge in [0.1, 0.15) is 6.54 Å². The summed E-state index contributed by atoms with van der Waals surface area (Å²) in [6.45, 7) is 0.677. The number of fused-ring (bicyclic) bond motifs is 1. The van der Waals surface area contributed by atoms with Gasteiger partial charge in [-0.3, -0.25) is 28.9 Å². The lowest BCUT2D eigenvalue weighted by molar-refractivity contribution is -0.138. The second kappa shape index (κ2) is 11.3. The zero-order valence-electron chi connectivity index (χ0n) is 21.1. The summed E-state index contributed by atoms with van der Waals surface area (Å²) in [6.07, 6.45) is 3.48. The number of rotatable bonds is 10. The van der Waals surface area contributed by atoms with Crippen molar-refractivity contribution in [3.05, 3.63) is 53.1 Å². The van der Waals surface area contributed by atoms with E-state index in [1.165, 1.54) is 26.2 Å². The third kappa shape index (κ3) is 5.61. The third-order valence-electron chi connectivity index (χ3n) is 6.55. The van der Waals surface area contributed by atoms with Crippen molar-refractivity contribution < 1.29 is 38.6 Å². The van der Waals surface area contributed by atoms with Gasteiger partial charge < -0.3 is 25.2 Å². The number of aliphatic carboxylic acids is 1. The monoisotopic (exact) mass is 523 g/mol. The van der Waals surface area contributed by atoms with Gasteiger partial charge in [-0.05, 0) is 55.5 Å². The first-order valence-corrected chi connectivity index (χ1v) is 12.3. The molecule has 0 aromatic heterocycles. The van der Waals surface area contributed by atoms with Crippen LogP contribution in [0.4, 0.5) is 5.69 Å². The fraction of sp³-hybridized carbons (Fsp3) is 0.370. The molecule has 1 fully saturated rings. The van der Waals surface area contributed by atoms with Crippen molar-refractivity contribution in [3.63, 3.8) is 0 Å². The highest BCUT2D eigenvalue weighted by Gasteiger charge is 2.43. The second-order valence-corrected chi connectivity index (χ2v) is 9.21. The number of imide groups is 1. The Morgan fingerprint density at radius 2 is 1.82 bits per heavy atom. The molecule has 0 radical (unpaired) electrons. The third-order valence-corrected chi connectivity index (χ3v) is 6.55. The zero-order chi connectivity index (χ0) is 27.4. The number of methoxy groups -OCH3 is 1. The van der Waals surface area contributed by atoms with Gasteiger partial charge in [-0.1, -0.05) is 12.1 Å². The molecule has 1 aliphatic carbocycles. The highest BCUT2D eigenvalue weighted by molar-refractivity contribution is 6.24. The Labute approximate surface area is 219 Å². The van der Waals surface area contributed by atoms with Gasteiger partial charge in [0.2, 0.25) is 11.8 Å². The van der Waals surface area contributed by atoms with E-state index in [1.807, 2.05) is 0 Å². The highest BCUT2D eigenvalue weighted by Crippen LogP contribution is 2.40. The first-order valence-electron chi connectivity index (χ1n) is 12.3. The Balaban J connectivity index is 1.74. The van der Waals surface area contributed by atoms with E-state index in [4.69, 9.17) is 14.6 Å². The number of hydrogen-bond acceptors (Lipinski definition) is 7. The van der Waals surface area contributed by atoms with E-state index >= 15 is 0 Å². The number of carboxylic acid groups (broad SMARTS) is 1. The van der Waals surface area contributed by atoms with Crippen molar-refractivity contribution in [3.8, 4) is 11.5 Å². The molecule has 1 aliphatic heterocycles. The lowest BCUT2D eigenvalue weighted by Crippen LogP contribution is -2.38. The number of hydrogen-bond donors (Lipinski definition) is 3. The van der Waals surface area contributed by atoms with Gasteiger partial charge in [-0.25, -0.2) is 0 Å². The quantitative estimate of drug-likeness (QED) is 0.402. The minimum Gasteiger partial charge on any atom is -0.493 e. The lowest BCUT2D eigenvalue weighted by atomic mass is 10.0. The van der Waals surface area contributed by atoms with Gasteiger partial charge in [-0.2, -0.15) is 0 Å². The summed E-state index contributed by atoms with van der Waals surface area (Å²) >= 11 is 0. The summed E-state index contributed by atoms with van der Waals surface area (Å²) in [7, 11) is 1.50. The molecule has 1 unspecified atom stereocenters. The fourth-order valence-electron chi connectivity index (χ4n) is 4.84. The van der Waals surface area contributed by atoms with E-state index in [0.717, 1.165) is 30.6 Å². The van der Waals surface area contributed by atoms with Crippen LogP contribution in [0.25, 0.3) is 0 Å². The van der Waals surface area contributed by atoms with Gasteiger partial charge in [0, 0.05) is 6.92 Å². The number of amides is 4. The molecule has 38 heavy (non-hydrogen) atoms. The Bertz CT molecular complexity index is 1290. The van der Waals surface area contributed by atoms with Crippen molar-refractivity contribution in [1.82, 2.24) is 10.2 Å². The lowest BCUT2D eigenvalue weighted by Gasteiger charge is -2.27. The molecule has 1 atom stereocenters. The van der Waals surface area contributed by atoms with Gasteiger partial charge in [0.25, 0.3) is 11.8 Å². The van der Waals surface area contributed by atoms with E-state index in [1.54, 1.807) is 24.3 Å². The number of carbonyl (C=O) groups excluding carboxylic acids is 4. The maximum Gasteiger partial charge on any atom is 0.322 e. The van der Waals surface area contributed by atoms with Crippen LogP contribution >= 0.6 is 0 Å². The molecule has 0 saturated heterocycles. The van der Waals surface area contributed by atoms with Crippen molar-refractivity contribution in [2.24, 2.45) is 0 Å². The Morgan fingerprint density at radius 1 is 1.08 bits per heavy atom. The Morgan fingerprint density at radius 3 is 2.47 bits per heavy atom. The molecule has 2 aromatic rings. The fourth-order valence-corrected chi connectivity index (χ4v) is 4.84. The zero-order valence-corrected chi connectivity index (χ0v) is 21.1. The van der Waals surface area contributed by atoms with Crippen LogP contribution in [0.2, 0.25) is 0 Å². The minimum absolute atomic E-state index is 0.00372. The molecule has 1 saturated carbocycles. The van der Waals surface area contributed by atoms with E-state index < -0.39 is 42.2 Å². The molecule has 11 heteroatoms. The average Bonchev–Trinajstić information content (AvgIpc) is 3.47. The molecule has 0 spiro atoms. The predicted octanol–water partition coefficient (Wildman–Crippen LogP) is 2.90. The molecular weight excluding hydrogens is 494 g/mol. The van der Waals surface area contributed by atoms with Crippen LogP contribution in [-0.4, -0.2) is 59.4 Å². The van der Waals surface area contributed by atoms with Crippen LogP contribution in [0.5, 0.6) is 11.5 Å². The maximum absolute atomic E-state index is 13.6. The van der Waals surface area contributed by atoms with Crippen LogP contribution in [0.1, 0.15) is 71.3 Å². The van der Waals surface area contributed by atoms with Gasteiger partial charge >= 0.3 is 5.97 Å². The number of anilines is 1. The summed E-state index contributed by atoms with van der Waals surface area (Å²) in [5, 5.41) is 13.8. The molecule has 3 N–H and O–H groups in total. The molecule has 0 bridgehead atoms. The molecule has 4 rings (SSSR count). The molecule has 11 nitrogen and oxygen atoms in total. The van der Waals surface area contributed by atoms with Crippen molar-refractivity contribution >= 4 is 35.3 Å². The van der Waals surface area contributed by atoms with Crippen LogP contribution < -0.4 is 20.1 Å². The topological polar surface area (TPSA) is 151 Å². The number of ether oxygens (including phenoxy) is 2. The van der Waals surface area contributed by atoms with Gasteiger partial charge in [0.05, 0.1) is 42.5 Å². The molecule has 200 valence electrons. The van der Waals surface area contributed by atoms with E-state index in [9.17, 15) is 24.0 Å². The first-order chi connectivity index (χ1) is 18.2. The first kappa shape index (κ1) is 26.6. The van der Waals surface area contributed by atoms with Crippen LogP contribution in [0, 0.1) is 0 Å². The standard InChI is InChI=1S/C27H29N3O8/c1-15(31)29-19-9-5-8-18-25(19)27(36)30(26(18)35)20(13-23(32)28-14-24(33)34)16-10-11-21(37-2)22(12-16)38-17-6-3-4-7-17/h5,8-12,17,20H,3-4,6-7,13-14H2,1-2H3,(H,28,32)(H,29,31)(H,33,34). The van der Waals surface area contributed by atoms with Gasteiger partial charge in [-0.15, -0.1) is 0 Å². The molecule has 1 heterocycles. The average molecular weight is 524 g/mol. The van der Waals surface area contributed by atoms with Gasteiger partial charge in [0.15, 0.2) is 11.5 Å². The van der Waals surface area contributed by atoms with E-state index in [2.05, 4.69) is 10.6 Å². The summed E-state index contributed by atoms with van der Waals surface area (Å²) in [5.41, 5.74) is 0.734. The SMILES string of the molecule is COc1ccc(C(CC(=O)NCC(=O)O)N2C(=O)c3cccc(NC(C)=O)c3C2=O)cc1OC1CCCC1. The summed E-state index contributed by atoms with van der Waals surface area (Å²) in [5.74, 6) is -2.74. The number of benzene rings is 2. The summed E-state index contributed by atoms with van der Waals surface area (Å²) in [6, 6.07) is 8.38. The number of nitrogens with zero attached hydrogens (tertiary/aromatic N) is 1. The Kier molecular flexibility index (Phi) is 7.94. The van der Waals surface area contributed by atoms with Crippen LogP contribution in [0.3, 0.4) is 0 Å². The minimum atomic E-state index is -1.23. The molecule has 2 aromatic carbocycles. The molecular formula is C27H29N3O8. The highest BCUT2D eigenvalue weighted by atomic mass is 16.5. The second-order valence-electron chi connectivity index (χ2n) is 9.21. The summed E-state index contributed by atoms with van der Waals surface area (Å²) < 4.78 is 11.6. The largest absolute Gasteiger partial charge is 0.493 e. The van der Waals surface area contributed by atoms with Crippen molar-refractivity contribution in [2.75, 3.05) is 19.0 Å². The number of carboxylic acids is 1.